The van der Waals surface area contributed by atoms with Crippen LogP contribution in [0.5, 0.6) is 0 Å². The van der Waals surface area contributed by atoms with E-state index in [4.69, 9.17) is 0 Å². The molecule has 0 spiro atoms. The number of thiazole rings is 1. The lowest BCUT2D eigenvalue weighted by atomic mass is 10.0. The summed E-state index contributed by atoms with van der Waals surface area (Å²) in [5.41, 5.74) is -1.34. The number of nitrogens with one attached hydrogen (secondary N) is 1. The van der Waals surface area contributed by atoms with E-state index >= 15 is 0 Å². The normalized spacial score (nSPS) is 11.2. The van der Waals surface area contributed by atoms with Gasteiger partial charge in [-0.2, -0.15) is 13.2 Å². The molecule has 2 heterocycles. The van der Waals surface area contributed by atoms with Gasteiger partial charge in [0.05, 0.1) is 16.1 Å². The van der Waals surface area contributed by atoms with Crippen molar-refractivity contribution in [3.8, 4) is 10.4 Å². The van der Waals surface area contributed by atoms with Crippen molar-refractivity contribution >= 4 is 28.3 Å². The molecule has 172 valence electrons. The lowest BCUT2D eigenvalue weighted by molar-refractivity contribution is -0.137. The number of anilines is 2. The molecule has 0 bridgehead atoms. The van der Waals surface area contributed by atoms with Gasteiger partial charge < -0.3 is 10.4 Å². The van der Waals surface area contributed by atoms with Gasteiger partial charge in [-0.05, 0) is 24.1 Å². The summed E-state index contributed by atoms with van der Waals surface area (Å²) < 4.78 is 66.1. The number of carboxylic acids is 1. The number of carboxylic acid groups (broad SMARTS) is 1. The van der Waals surface area contributed by atoms with Crippen LogP contribution < -0.4 is 5.32 Å². The smallest absolute Gasteiger partial charge is 0.417 e. The van der Waals surface area contributed by atoms with Crippen LogP contribution in [0.4, 0.5) is 32.9 Å². The number of benzene rings is 1. The molecule has 3 aromatic rings. The van der Waals surface area contributed by atoms with Gasteiger partial charge in [-0.25, -0.2) is 23.5 Å². The molecular weight excluding hydrogens is 453 g/mol. The third-order valence-electron chi connectivity index (χ3n) is 4.05. The Labute approximate surface area is 185 Å². The molecule has 0 radical (unpaired) electrons. The van der Waals surface area contributed by atoms with E-state index in [-0.39, 0.29) is 22.4 Å². The molecule has 2 aromatic heterocycles. The fraction of sp³-hybridized carbons (Fsp3) is 0.286. The minimum Gasteiger partial charge on any atom is -0.478 e. The monoisotopic (exact) mass is 473 g/mol. The third kappa shape index (κ3) is 5.58. The summed E-state index contributed by atoms with van der Waals surface area (Å²) in [5.74, 6) is -3.67. The fourth-order valence-corrected chi connectivity index (χ4v) is 3.77. The second-order valence-corrected chi connectivity index (χ2v) is 7.56. The third-order valence-corrected chi connectivity index (χ3v) is 5.07. The lowest BCUT2D eigenvalue weighted by Gasteiger charge is -2.10. The van der Waals surface area contributed by atoms with Crippen LogP contribution in [0.1, 0.15) is 55.2 Å². The number of rotatable bonds is 5. The van der Waals surface area contributed by atoms with Crippen LogP contribution >= 0.6 is 11.3 Å². The molecule has 0 aliphatic carbocycles. The zero-order chi connectivity index (χ0) is 24.2. The molecule has 0 unspecified atom stereocenters. The quantitative estimate of drug-likeness (QED) is 0.387. The number of nitrogens with zero attached hydrogens (tertiary/aromatic N) is 2. The maximum absolute atomic E-state index is 14.3. The van der Waals surface area contributed by atoms with Crippen LogP contribution in [0, 0.1) is 11.6 Å². The highest BCUT2D eigenvalue weighted by molar-refractivity contribution is 7.19. The Bertz CT molecular complexity index is 1110. The number of aromatic nitrogens is 2. The highest BCUT2D eigenvalue weighted by Crippen LogP contribution is 2.39. The largest absolute Gasteiger partial charge is 0.478 e. The van der Waals surface area contributed by atoms with E-state index in [1.54, 1.807) is 13.8 Å². The summed E-state index contributed by atoms with van der Waals surface area (Å²) >= 11 is 0.946. The topological polar surface area (TPSA) is 75.1 Å². The first-order chi connectivity index (χ1) is 15.0. The van der Waals surface area contributed by atoms with E-state index in [1.165, 1.54) is 6.07 Å². The Balaban J connectivity index is 0.00000176. The lowest BCUT2D eigenvalue weighted by Crippen LogP contribution is -2.11. The molecule has 0 aliphatic heterocycles. The van der Waals surface area contributed by atoms with Crippen molar-refractivity contribution in [1.82, 2.24) is 9.97 Å². The molecule has 0 saturated carbocycles. The summed E-state index contributed by atoms with van der Waals surface area (Å²) in [6.45, 7) is 7.59. The van der Waals surface area contributed by atoms with Gasteiger partial charge in [0.1, 0.15) is 23.0 Å². The number of aromatic carboxylic acids is 1. The van der Waals surface area contributed by atoms with Crippen molar-refractivity contribution in [2.45, 2.75) is 39.8 Å². The second-order valence-electron chi connectivity index (χ2n) is 6.56. The Kier molecular flexibility index (Phi) is 7.89. The van der Waals surface area contributed by atoms with E-state index < -0.39 is 34.9 Å². The Hall–Kier alpha value is -3.08. The summed E-state index contributed by atoms with van der Waals surface area (Å²) in [6.07, 6.45) is -4.25. The Morgan fingerprint density at radius 3 is 2.34 bits per heavy atom. The molecule has 3 rings (SSSR count). The van der Waals surface area contributed by atoms with E-state index in [0.29, 0.717) is 22.8 Å². The van der Waals surface area contributed by atoms with Gasteiger partial charge in [-0.3, -0.25) is 0 Å². The average molecular weight is 473 g/mol. The SMILES string of the molecule is CC.CC(C)c1nc(Nc2ncc(C(F)(F)F)cc2C(=O)O)sc1-c1ccc(F)cc1F. The maximum Gasteiger partial charge on any atom is 0.417 e. The number of carbonyl (C=O) groups is 1. The minimum absolute atomic E-state index is 0.101. The minimum atomic E-state index is -4.75. The van der Waals surface area contributed by atoms with Gasteiger partial charge >= 0.3 is 12.1 Å². The highest BCUT2D eigenvalue weighted by atomic mass is 32.1. The van der Waals surface area contributed by atoms with Crippen LogP contribution in [0.3, 0.4) is 0 Å². The Morgan fingerprint density at radius 2 is 1.81 bits per heavy atom. The predicted molar refractivity (Wildman–Crippen MR) is 112 cm³/mol. The number of pyridine rings is 1. The van der Waals surface area contributed by atoms with Gasteiger partial charge in [-0.15, -0.1) is 0 Å². The first-order valence-electron chi connectivity index (χ1n) is 9.51. The van der Waals surface area contributed by atoms with Gasteiger partial charge in [0.25, 0.3) is 0 Å². The van der Waals surface area contributed by atoms with E-state index in [2.05, 4.69) is 15.3 Å². The molecule has 0 amide bonds. The first-order valence-corrected chi connectivity index (χ1v) is 10.3. The van der Waals surface area contributed by atoms with Crippen LogP contribution in [0.25, 0.3) is 10.4 Å². The summed E-state index contributed by atoms with van der Waals surface area (Å²) in [4.78, 5) is 19.7. The van der Waals surface area contributed by atoms with Crippen molar-refractivity contribution in [2.75, 3.05) is 5.32 Å². The first kappa shape index (κ1) is 25.2. The van der Waals surface area contributed by atoms with Crippen LogP contribution in [-0.4, -0.2) is 21.0 Å². The van der Waals surface area contributed by atoms with Crippen molar-refractivity contribution in [1.29, 1.82) is 0 Å². The molecule has 2 N–H and O–H groups in total. The molecule has 32 heavy (non-hydrogen) atoms. The molecule has 5 nitrogen and oxygen atoms in total. The number of halogens is 5. The summed E-state index contributed by atoms with van der Waals surface area (Å²) in [6, 6.07) is 3.55. The summed E-state index contributed by atoms with van der Waals surface area (Å²) in [5, 5.41) is 12.0. The van der Waals surface area contributed by atoms with Gasteiger partial charge in [-0.1, -0.05) is 39.0 Å². The van der Waals surface area contributed by atoms with Crippen LogP contribution in [0.2, 0.25) is 0 Å². The van der Waals surface area contributed by atoms with Crippen LogP contribution in [0.15, 0.2) is 30.5 Å². The predicted octanol–water partition coefficient (Wildman–Crippen LogP) is 7.09. The number of alkyl halides is 3. The molecule has 0 atom stereocenters. The second kappa shape index (κ2) is 10.0. The molecule has 0 aliphatic rings. The average Bonchev–Trinajstić information content (AvgIpc) is 3.12. The van der Waals surface area contributed by atoms with Crippen molar-refractivity contribution in [2.24, 2.45) is 0 Å². The Morgan fingerprint density at radius 1 is 1.16 bits per heavy atom. The molecule has 0 fully saturated rings. The standard InChI is InChI=1S/C19H14F5N3O2S.C2H6/c1-8(2)14-15(11-4-3-10(20)6-13(11)21)30-18(26-14)27-16-12(17(28)29)5-9(7-25-16)19(22,23)24;1-2/h3-8H,1-2H3,(H,28,29)(H,25,26,27);1-2H3. The molecular formula is C21H20F5N3O2S. The number of hydrogen-bond donors (Lipinski definition) is 2. The zero-order valence-electron chi connectivity index (χ0n) is 17.5. The van der Waals surface area contributed by atoms with Gasteiger partial charge in [0.15, 0.2) is 5.13 Å². The molecule has 1 aromatic carbocycles. The van der Waals surface area contributed by atoms with Gasteiger partial charge in [0.2, 0.25) is 0 Å². The molecule has 11 heteroatoms. The number of hydrogen-bond acceptors (Lipinski definition) is 5. The van der Waals surface area contributed by atoms with E-state index in [9.17, 15) is 31.9 Å². The van der Waals surface area contributed by atoms with Gasteiger partial charge in [0, 0.05) is 17.8 Å². The highest BCUT2D eigenvalue weighted by Gasteiger charge is 2.33. The van der Waals surface area contributed by atoms with E-state index in [1.807, 2.05) is 13.8 Å². The van der Waals surface area contributed by atoms with Crippen LogP contribution in [-0.2, 0) is 6.18 Å². The van der Waals surface area contributed by atoms with Crippen molar-refractivity contribution in [3.63, 3.8) is 0 Å². The van der Waals surface area contributed by atoms with Crippen molar-refractivity contribution < 1.29 is 31.9 Å². The zero-order valence-corrected chi connectivity index (χ0v) is 18.3. The molecule has 0 saturated heterocycles. The summed E-state index contributed by atoms with van der Waals surface area (Å²) in [7, 11) is 0. The van der Waals surface area contributed by atoms with Crippen molar-refractivity contribution in [3.05, 3.63) is 58.9 Å². The van der Waals surface area contributed by atoms with E-state index in [0.717, 1.165) is 23.5 Å². The maximum atomic E-state index is 14.3. The fourth-order valence-electron chi connectivity index (χ4n) is 2.63.